The predicted octanol–water partition coefficient (Wildman–Crippen LogP) is 4.18. The monoisotopic (exact) mass is 266 g/mol. The van der Waals surface area contributed by atoms with Gasteiger partial charge in [0.25, 0.3) is 0 Å². The zero-order valence-corrected chi connectivity index (χ0v) is 11.8. The quantitative estimate of drug-likeness (QED) is 0.814. The van der Waals surface area contributed by atoms with Crippen LogP contribution in [0.4, 0.5) is 0 Å². The molecule has 0 spiro atoms. The van der Waals surface area contributed by atoms with Crippen LogP contribution >= 0.6 is 24.0 Å². The maximum atomic E-state index is 5.42. The fourth-order valence-corrected chi connectivity index (χ4v) is 4.43. The van der Waals surface area contributed by atoms with Gasteiger partial charge in [-0.2, -0.15) is 11.8 Å². The van der Waals surface area contributed by atoms with Gasteiger partial charge in [0.1, 0.15) is 10.5 Å². The molecule has 1 aromatic rings. The first-order chi connectivity index (χ1) is 8.28. The third-order valence-electron chi connectivity index (χ3n) is 4.12. The molecular weight excluding hydrogens is 248 g/mol. The smallest absolute Gasteiger partial charge is 0.134 e. The van der Waals surface area contributed by atoms with Crippen LogP contribution < -0.4 is 0 Å². The molecule has 2 nitrogen and oxygen atoms in total. The lowest BCUT2D eigenvalue weighted by Crippen LogP contribution is -2.05. The van der Waals surface area contributed by atoms with E-state index in [1.165, 1.54) is 36.9 Å². The molecule has 0 radical (unpaired) electrons. The Hall–Kier alpha value is -0.350. The number of H-pyrrole nitrogens is 1. The molecule has 2 unspecified atom stereocenters. The van der Waals surface area contributed by atoms with E-state index in [4.69, 9.17) is 12.2 Å². The number of fused-ring (bicyclic) bond motifs is 1. The summed E-state index contributed by atoms with van der Waals surface area (Å²) in [7, 11) is 0. The van der Waals surface area contributed by atoms with Crippen molar-refractivity contribution in [1.82, 2.24) is 9.97 Å². The van der Waals surface area contributed by atoms with Gasteiger partial charge >= 0.3 is 0 Å². The van der Waals surface area contributed by atoms with Crippen LogP contribution in [0.5, 0.6) is 0 Å². The number of hydrogen-bond donors (Lipinski definition) is 1. The average Bonchev–Trinajstić information content (AvgIpc) is 2.97. The summed E-state index contributed by atoms with van der Waals surface area (Å²) in [5.74, 6) is 4.80. The van der Waals surface area contributed by atoms with E-state index >= 15 is 0 Å². The fourth-order valence-electron chi connectivity index (χ4n) is 2.98. The third-order valence-corrected chi connectivity index (χ3v) is 5.44. The van der Waals surface area contributed by atoms with Crippen molar-refractivity contribution >= 4 is 24.0 Å². The first kappa shape index (κ1) is 11.7. The lowest BCUT2D eigenvalue weighted by molar-refractivity contribution is 0.516. The number of aromatic amines is 1. The fraction of sp³-hybridized carbons (Fsp3) is 0.692. The zero-order valence-electron chi connectivity index (χ0n) is 10.2. The Bertz CT molecular complexity index is 481. The van der Waals surface area contributed by atoms with Crippen molar-refractivity contribution in [2.45, 2.75) is 50.0 Å². The molecule has 1 fully saturated rings. The first-order valence-electron chi connectivity index (χ1n) is 6.47. The Morgan fingerprint density at radius 1 is 1.41 bits per heavy atom. The Balaban J connectivity index is 1.90. The highest BCUT2D eigenvalue weighted by atomic mass is 32.2. The molecule has 1 saturated carbocycles. The van der Waals surface area contributed by atoms with E-state index < -0.39 is 0 Å². The van der Waals surface area contributed by atoms with E-state index in [0.717, 1.165) is 27.9 Å². The number of rotatable bonds is 2. The van der Waals surface area contributed by atoms with Gasteiger partial charge in [-0.25, -0.2) is 4.98 Å². The van der Waals surface area contributed by atoms with Crippen LogP contribution in [-0.2, 0) is 11.5 Å². The Morgan fingerprint density at radius 3 is 3.06 bits per heavy atom. The molecule has 1 N–H and O–H groups in total. The maximum absolute atomic E-state index is 5.42. The zero-order chi connectivity index (χ0) is 11.8. The van der Waals surface area contributed by atoms with Crippen molar-refractivity contribution in [3.05, 3.63) is 21.7 Å². The minimum atomic E-state index is 0.623. The van der Waals surface area contributed by atoms with Crippen LogP contribution in [0.1, 0.15) is 55.6 Å². The second kappa shape index (κ2) is 4.73. The molecule has 17 heavy (non-hydrogen) atoms. The summed E-state index contributed by atoms with van der Waals surface area (Å²) in [6.07, 6.45) is 5.23. The summed E-state index contributed by atoms with van der Waals surface area (Å²) < 4.78 is 0.846. The van der Waals surface area contributed by atoms with Gasteiger partial charge in [-0.1, -0.05) is 25.6 Å². The Kier molecular flexibility index (Phi) is 3.26. The van der Waals surface area contributed by atoms with Crippen LogP contribution in [0.15, 0.2) is 0 Å². The minimum Gasteiger partial charge on any atom is -0.346 e. The number of thioether (sulfide) groups is 1. The van der Waals surface area contributed by atoms with Gasteiger partial charge in [0.05, 0.1) is 0 Å². The van der Waals surface area contributed by atoms with Gasteiger partial charge in [-0.05, 0) is 25.2 Å². The Morgan fingerprint density at radius 2 is 2.29 bits per heavy atom. The lowest BCUT2D eigenvalue weighted by Gasteiger charge is -2.11. The molecule has 2 aliphatic rings. The molecule has 1 aromatic heterocycles. The average molecular weight is 266 g/mol. The van der Waals surface area contributed by atoms with Gasteiger partial charge in [0, 0.05) is 28.7 Å². The molecule has 0 bridgehead atoms. The van der Waals surface area contributed by atoms with E-state index in [0.29, 0.717) is 5.92 Å². The van der Waals surface area contributed by atoms with E-state index in [2.05, 4.69) is 16.9 Å². The SMILES string of the molecule is CCC1CCC(c2nc(=S)c3c([nH]2)CSC3)C1. The maximum Gasteiger partial charge on any atom is 0.134 e. The first-order valence-corrected chi connectivity index (χ1v) is 8.04. The predicted molar refractivity (Wildman–Crippen MR) is 74.8 cm³/mol. The normalized spacial score (nSPS) is 27.4. The summed E-state index contributed by atoms with van der Waals surface area (Å²) in [4.78, 5) is 8.20. The van der Waals surface area contributed by atoms with Crippen LogP contribution in [0.25, 0.3) is 0 Å². The van der Waals surface area contributed by atoms with Gasteiger partial charge in [-0.15, -0.1) is 0 Å². The van der Waals surface area contributed by atoms with Crippen LogP contribution in [0, 0.1) is 10.6 Å². The van der Waals surface area contributed by atoms with Crippen LogP contribution in [0.2, 0.25) is 0 Å². The molecular formula is C13H18N2S2. The second-order valence-corrected chi connectivity index (χ2v) is 6.53. The van der Waals surface area contributed by atoms with Crippen molar-refractivity contribution < 1.29 is 0 Å². The topological polar surface area (TPSA) is 28.7 Å². The second-order valence-electron chi connectivity index (χ2n) is 5.16. The summed E-state index contributed by atoms with van der Waals surface area (Å²) in [6.45, 7) is 2.29. The van der Waals surface area contributed by atoms with Gasteiger partial charge in [-0.3, -0.25) is 0 Å². The molecule has 0 amide bonds. The molecule has 92 valence electrons. The highest BCUT2D eigenvalue weighted by molar-refractivity contribution is 7.98. The highest BCUT2D eigenvalue weighted by Crippen LogP contribution is 2.39. The van der Waals surface area contributed by atoms with E-state index in [1.807, 2.05) is 11.8 Å². The van der Waals surface area contributed by atoms with Gasteiger partial charge in [0.15, 0.2) is 0 Å². The van der Waals surface area contributed by atoms with E-state index in [9.17, 15) is 0 Å². The van der Waals surface area contributed by atoms with Crippen LogP contribution in [0.3, 0.4) is 0 Å². The minimum absolute atomic E-state index is 0.623. The summed E-state index contributed by atoms with van der Waals surface area (Å²) >= 11 is 7.35. The van der Waals surface area contributed by atoms with Gasteiger partial charge < -0.3 is 4.98 Å². The molecule has 1 aliphatic heterocycles. The standard InChI is InChI=1S/C13H18N2S2/c1-2-8-3-4-9(5-8)12-14-11-7-17-6-10(11)13(16)15-12/h8-9H,2-7H2,1H3,(H,14,15,16). The lowest BCUT2D eigenvalue weighted by atomic mass is 10.0. The number of nitrogens with one attached hydrogen (secondary N) is 1. The molecule has 0 saturated heterocycles. The molecule has 3 rings (SSSR count). The van der Waals surface area contributed by atoms with Crippen LogP contribution in [-0.4, -0.2) is 9.97 Å². The molecule has 4 heteroatoms. The van der Waals surface area contributed by atoms with Crippen molar-refractivity contribution in [2.75, 3.05) is 0 Å². The van der Waals surface area contributed by atoms with Crippen molar-refractivity contribution in [3.63, 3.8) is 0 Å². The molecule has 1 aliphatic carbocycles. The number of nitrogens with zero attached hydrogens (tertiary/aromatic N) is 1. The summed E-state index contributed by atoms with van der Waals surface area (Å²) in [6, 6.07) is 0. The molecule has 2 heterocycles. The third kappa shape index (κ3) is 2.17. The number of hydrogen-bond acceptors (Lipinski definition) is 3. The van der Waals surface area contributed by atoms with Gasteiger partial charge in [0.2, 0.25) is 0 Å². The summed E-state index contributed by atoms with van der Waals surface area (Å²) in [5.41, 5.74) is 2.61. The van der Waals surface area contributed by atoms with E-state index in [-0.39, 0.29) is 0 Å². The Labute approximate surface area is 112 Å². The van der Waals surface area contributed by atoms with Crippen molar-refractivity contribution in [3.8, 4) is 0 Å². The van der Waals surface area contributed by atoms with Crippen molar-refractivity contribution in [2.24, 2.45) is 5.92 Å². The molecule has 0 aromatic carbocycles. The number of aromatic nitrogens is 2. The summed E-state index contributed by atoms with van der Waals surface area (Å²) in [5, 5.41) is 0. The van der Waals surface area contributed by atoms with E-state index in [1.54, 1.807) is 0 Å². The van der Waals surface area contributed by atoms with Crippen molar-refractivity contribution in [1.29, 1.82) is 0 Å². The molecule has 2 atom stereocenters. The highest BCUT2D eigenvalue weighted by Gasteiger charge is 2.27. The largest absolute Gasteiger partial charge is 0.346 e.